The SMILES string of the molecule is CCCCC(C1c2ccccc2-c2ccccc21)C(CCCC)C1c2ccccc2-c2ccccc21.[Cl-].[Cl-].[Zr+2]. The van der Waals surface area contributed by atoms with Crippen LogP contribution in [0.15, 0.2) is 97.1 Å². The molecule has 0 fully saturated rings. The molecule has 0 aliphatic heterocycles. The predicted molar refractivity (Wildman–Crippen MR) is 153 cm³/mol. The van der Waals surface area contributed by atoms with Gasteiger partial charge in [0.2, 0.25) is 0 Å². The van der Waals surface area contributed by atoms with Gasteiger partial charge in [-0.2, -0.15) is 0 Å². The van der Waals surface area contributed by atoms with Gasteiger partial charge in [-0.05, 0) is 69.2 Å². The molecular weight excluding hydrogens is 595 g/mol. The third kappa shape index (κ3) is 5.75. The van der Waals surface area contributed by atoms with Crippen LogP contribution in [-0.4, -0.2) is 0 Å². The molecule has 0 saturated carbocycles. The molecule has 4 aromatic rings. The van der Waals surface area contributed by atoms with Crippen LogP contribution in [0, 0.1) is 11.8 Å². The molecule has 39 heavy (non-hydrogen) atoms. The summed E-state index contributed by atoms with van der Waals surface area (Å²) < 4.78 is 0. The molecule has 0 radical (unpaired) electrons. The normalized spacial score (nSPS) is 14.5. The number of unbranched alkanes of at least 4 members (excludes halogenated alkanes) is 2. The number of benzene rings is 4. The average Bonchev–Trinajstić information content (AvgIpc) is 3.44. The van der Waals surface area contributed by atoms with E-state index in [2.05, 4.69) is 111 Å². The van der Waals surface area contributed by atoms with Crippen LogP contribution in [0.1, 0.15) is 86.5 Å². The molecule has 200 valence electrons. The van der Waals surface area contributed by atoms with Crippen LogP contribution in [-0.2, 0) is 26.2 Å². The second kappa shape index (κ2) is 14.3. The smallest absolute Gasteiger partial charge is 1.00 e. The van der Waals surface area contributed by atoms with E-state index < -0.39 is 0 Å². The number of hydrogen-bond acceptors (Lipinski definition) is 0. The third-order valence-corrected chi connectivity index (χ3v) is 8.95. The zero-order valence-corrected chi connectivity index (χ0v) is 27.0. The molecule has 2 aliphatic rings. The van der Waals surface area contributed by atoms with Crippen LogP contribution in [0.2, 0.25) is 0 Å². The van der Waals surface area contributed by atoms with E-state index in [0.717, 1.165) is 0 Å². The molecule has 0 nitrogen and oxygen atoms in total. The molecule has 0 saturated heterocycles. The molecule has 0 spiro atoms. The maximum absolute atomic E-state index is 2.42. The van der Waals surface area contributed by atoms with E-state index in [1.165, 1.54) is 60.8 Å². The molecule has 4 aromatic carbocycles. The van der Waals surface area contributed by atoms with Gasteiger partial charge in [0.05, 0.1) is 0 Å². The van der Waals surface area contributed by atoms with Crippen LogP contribution >= 0.6 is 0 Å². The molecular formula is C36H38Cl2Zr. The first-order valence-electron chi connectivity index (χ1n) is 14.2. The monoisotopic (exact) mass is 630 g/mol. The van der Waals surface area contributed by atoms with Gasteiger partial charge in [-0.25, -0.2) is 0 Å². The van der Waals surface area contributed by atoms with E-state index in [1.54, 1.807) is 22.3 Å². The standard InChI is InChI=1S/C36H38.2ClH.Zr/c1-3-5-15-33(35-29-21-11-7-17-25(29)26-18-8-12-22-30(26)35)34(16-6-4-2)36-31-23-13-9-19-27(31)28-20-10-14-24-32(28)36;;;/h7-14,17-24,33-36H,3-6,15-16H2,1-2H3;2*1H;/q;;;+2/p-2. The van der Waals surface area contributed by atoms with Crippen molar-refractivity contribution in [2.24, 2.45) is 11.8 Å². The van der Waals surface area contributed by atoms with Crippen molar-refractivity contribution >= 4 is 0 Å². The summed E-state index contributed by atoms with van der Waals surface area (Å²) in [4.78, 5) is 0. The van der Waals surface area contributed by atoms with Gasteiger partial charge < -0.3 is 24.8 Å². The Morgan fingerprint density at radius 1 is 0.462 bits per heavy atom. The zero-order chi connectivity index (χ0) is 24.5. The van der Waals surface area contributed by atoms with Crippen molar-refractivity contribution in [3.63, 3.8) is 0 Å². The van der Waals surface area contributed by atoms with Gasteiger partial charge in [0, 0.05) is 11.8 Å². The van der Waals surface area contributed by atoms with Crippen molar-refractivity contribution in [1.82, 2.24) is 0 Å². The van der Waals surface area contributed by atoms with Crippen LogP contribution in [0.25, 0.3) is 22.3 Å². The van der Waals surface area contributed by atoms with Gasteiger partial charge in [-0.1, -0.05) is 137 Å². The van der Waals surface area contributed by atoms with Crippen molar-refractivity contribution in [2.45, 2.75) is 64.2 Å². The number of fused-ring (bicyclic) bond motifs is 6. The van der Waals surface area contributed by atoms with Gasteiger partial charge in [0.15, 0.2) is 0 Å². The summed E-state index contributed by atoms with van der Waals surface area (Å²) in [5.41, 5.74) is 12.1. The first kappa shape index (κ1) is 31.9. The van der Waals surface area contributed by atoms with E-state index in [4.69, 9.17) is 0 Å². The molecule has 2 unspecified atom stereocenters. The molecule has 0 heterocycles. The summed E-state index contributed by atoms with van der Waals surface area (Å²) in [5.74, 6) is 2.19. The largest absolute Gasteiger partial charge is 2.00 e. The van der Waals surface area contributed by atoms with E-state index in [0.29, 0.717) is 23.7 Å². The first-order chi connectivity index (χ1) is 17.8. The fourth-order valence-electron chi connectivity index (χ4n) is 7.45. The predicted octanol–water partition coefficient (Wildman–Crippen LogP) is 4.23. The maximum Gasteiger partial charge on any atom is 2.00 e. The van der Waals surface area contributed by atoms with Crippen molar-refractivity contribution in [3.8, 4) is 22.3 Å². The Morgan fingerprint density at radius 3 is 0.974 bits per heavy atom. The number of hydrogen-bond donors (Lipinski definition) is 0. The Bertz CT molecular complexity index is 1170. The molecule has 0 bridgehead atoms. The molecule has 2 atom stereocenters. The quantitative estimate of drug-likeness (QED) is 0.259. The molecule has 0 amide bonds. The summed E-state index contributed by atoms with van der Waals surface area (Å²) in [5, 5.41) is 0. The average molecular weight is 633 g/mol. The summed E-state index contributed by atoms with van der Waals surface area (Å²) in [6, 6.07) is 37.0. The summed E-state index contributed by atoms with van der Waals surface area (Å²) >= 11 is 0. The second-order valence-corrected chi connectivity index (χ2v) is 10.9. The van der Waals surface area contributed by atoms with Crippen LogP contribution in [0.4, 0.5) is 0 Å². The Labute approximate surface area is 267 Å². The van der Waals surface area contributed by atoms with E-state index in [1.807, 2.05) is 0 Å². The Morgan fingerprint density at radius 2 is 0.718 bits per heavy atom. The minimum atomic E-state index is 0. The topological polar surface area (TPSA) is 0 Å². The number of halogens is 2. The van der Waals surface area contributed by atoms with Crippen LogP contribution < -0.4 is 24.8 Å². The minimum absolute atomic E-state index is 0. The van der Waals surface area contributed by atoms with Gasteiger partial charge >= 0.3 is 26.2 Å². The van der Waals surface area contributed by atoms with Gasteiger partial charge in [0.25, 0.3) is 0 Å². The van der Waals surface area contributed by atoms with E-state index in [-0.39, 0.29) is 51.0 Å². The van der Waals surface area contributed by atoms with Gasteiger partial charge in [-0.15, -0.1) is 0 Å². The fraction of sp³-hybridized carbons (Fsp3) is 0.333. The van der Waals surface area contributed by atoms with Gasteiger partial charge in [0.1, 0.15) is 0 Å². The second-order valence-electron chi connectivity index (χ2n) is 10.9. The van der Waals surface area contributed by atoms with Crippen LogP contribution in [0.3, 0.4) is 0 Å². The van der Waals surface area contributed by atoms with E-state index >= 15 is 0 Å². The first-order valence-corrected chi connectivity index (χ1v) is 14.2. The summed E-state index contributed by atoms with van der Waals surface area (Å²) in [6.07, 6.45) is 7.68. The molecule has 2 aliphatic carbocycles. The minimum Gasteiger partial charge on any atom is -1.00 e. The molecule has 0 aromatic heterocycles. The third-order valence-electron chi connectivity index (χ3n) is 8.95. The Kier molecular flexibility index (Phi) is 11.7. The van der Waals surface area contributed by atoms with Crippen LogP contribution in [0.5, 0.6) is 0 Å². The molecule has 0 N–H and O–H groups in total. The molecule has 6 rings (SSSR count). The van der Waals surface area contributed by atoms with Crippen molar-refractivity contribution < 1.29 is 51.0 Å². The maximum atomic E-state index is 2.42. The Balaban J connectivity index is 0.00000140. The molecule has 3 heteroatoms. The van der Waals surface area contributed by atoms with Crippen molar-refractivity contribution in [3.05, 3.63) is 119 Å². The zero-order valence-electron chi connectivity index (χ0n) is 23.0. The van der Waals surface area contributed by atoms with Gasteiger partial charge in [-0.3, -0.25) is 0 Å². The van der Waals surface area contributed by atoms with Crippen molar-refractivity contribution in [1.29, 1.82) is 0 Å². The summed E-state index contributed by atoms with van der Waals surface area (Å²) in [6.45, 7) is 4.71. The fourth-order valence-corrected chi connectivity index (χ4v) is 7.45. The number of rotatable bonds is 9. The Hall–Kier alpha value is -1.66. The van der Waals surface area contributed by atoms with Crippen molar-refractivity contribution in [2.75, 3.05) is 0 Å². The summed E-state index contributed by atoms with van der Waals surface area (Å²) in [7, 11) is 0. The van der Waals surface area contributed by atoms with E-state index in [9.17, 15) is 0 Å².